The van der Waals surface area contributed by atoms with Crippen molar-refractivity contribution in [2.45, 2.75) is 36.7 Å². The van der Waals surface area contributed by atoms with Gasteiger partial charge in [0.1, 0.15) is 17.9 Å². The zero-order valence-electron chi connectivity index (χ0n) is 16.5. The number of nitrogens with one attached hydrogen (secondary N) is 2. The number of carbonyl (C=O) groups excluding carboxylic acids is 3. The van der Waals surface area contributed by atoms with Gasteiger partial charge < -0.3 is 16.4 Å². The SMILES string of the molecule is CC(=O)N[C@H](Cc1cccc(F)c1)C(=O)N[C@H](CC[S@](=O)c1ccccc1)C(N)=O. The van der Waals surface area contributed by atoms with Crippen LogP contribution in [0.3, 0.4) is 0 Å². The first-order chi connectivity index (χ1) is 14.3. The largest absolute Gasteiger partial charge is 0.368 e. The fourth-order valence-electron chi connectivity index (χ4n) is 2.83. The third kappa shape index (κ3) is 7.40. The molecule has 2 aromatic rings. The number of amides is 3. The van der Waals surface area contributed by atoms with E-state index in [-0.39, 0.29) is 18.6 Å². The van der Waals surface area contributed by atoms with E-state index in [1.165, 1.54) is 25.1 Å². The highest BCUT2D eigenvalue weighted by Gasteiger charge is 2.26. The standard InChI is InChI=1S/C21H24FN3O4S/c1-14(26)24-19(13-15-6-5-7-16(22)12-15)21(28)25-18(20(23)27)10-11-30(29)17-8-3-2-4-9-17/h2-9,12,18-19H,10-11,13H2,1H3,(H2,23,27)(H,24,26)(H,25,28)/t18-,19-,30+/m1/s1. The summed E-state index contributed by atoms with van der Waals surface area (Å²) >= 11 is 0. The molecule has 0 aliphatic rings. The predicted octanol–water partition coefficient (Wildman–Crippen LogP) is 1.04. The molecule has 4 N–H and O–H groups in total. The molecular formula is C21H24FN3O4S. The lowest BCUT2D eigenvalue weighted by Crippen LogP contribution is -2.53. The van der Waals surface area contributed by atoms with Crippen LogP contribution in [0.5, 0.6) is 0 Å². The molecule has 0 bridgehead atoms. The Morgan fingerprint density at radius 2 is 1.73 bits per heavy atom. The number of rotatable bonds is 10. The zero-order valence-corrected chi connectivity index (χ0v) is 17.3. The van der Waals surface area contributed by atoms with Gasteiger partial charge in [-0.25, -0.2) is 4.39 Å². The van der Waals surface area contributed by atoms with Crippen LogP contribution in [0.4, 0.5) is 4.39 Å². The summed E-state index contributed by atoms with van der Waals surface area (Å²) in [6.07, 6.45) is 0.0972. The number of benzene rings is 2. The van der Waals surface area contributed by atoms with Gasteiger partial charge >= 0.3 is 0 Å². The van der Waals surface area contributed by atoms with E-state index >= 15 is 0 Å². The van der Waals surface area contributed by atoms with Gasteiger partial charge in [0.2, 0.25) is 17.7 Å². The van der Waals surface area contributed by atoms with Crippen LogP contribution in [0.15, 0.2) is 59.5 Å². The second-order valence-corrected chi connectivity index (χ2v) is 8.27. The smallest absolute Gasteiger partial charge is 0.243 e. The van der Waals surface area contributed by atoms with Gasteiger partial charge in [-0.05, 0) is 36.2 Å². The fourth-order valence-corrected chi connectivity index (χ4v) is 3.97. The second kappa shape index (κ2) is 11.2. The summed E-state index contributed by atoms with van der Waals surface area (Å²) in [5.41, 5.74) is 5.90. The van der Waals surface area contributed by atoms with Crippen LogP contribution in [0, 0.1) is 5.82 Å². The minimum Gasteiger partial charge on any atom is -0.368 e. The maximum Gasteiger partial charge on any atom is 0.243 e. The minimum absolute atomic E-state index is 0.0323. The molecule has 0 aliphatic heterocycles. The first-order valence-corrected chi connectivity index (χ1v) is 10.6. The van der Waals surface area contributed by atoms with Crippen molar-refractivity contribution < 1.29 is 23.0 Å². The fraction of sp³-hybridized carbons (Fsp3) is 0.286. The summed E-state index contributed by atoms with van der Waals surface area (Å²) in [7, 11) is -1.36. The highest BCUT2D eigenvalue weighted by atomic mass is 32.2. The molecule has 0 unspecified atom stereocenters. The van der Waals surface area contributed by atoms with Crippen molar-refractivity contribution in [3.63, 3.8) is 0 Å². The lowest BCUT2D eigenvalue weighted by Gasteiger charge is -2.21. The molecule has 3 atom stereocenters. The Morgan fingerprint density at radius 3 is 2.33 bits per heavy atom. The average Bonchev–Trinajstić information content (AvgIpc) is 2.70. The van der Waals surface area contributed by atoms with E-state index in [9.17, 15) is 23.0 Å². The minimum atomic E-state index is -1.36. The van der Waals surface area contributed by atoms with Gasteiger partial charge in [-0.1, -0.05) is 30.3 Å². The molecule has 2 aromatic carbocycles. The monoisotopic (exact) mass is 433 g/mol. The van der Waals surface area contributed by atoms with Gasteiger partial charge in [0.15, 0.2) is 0 Å². The molecule has 30 heavy (non-hydrogen) atoms. The van der Waals surface area contributed by atoms with E-state index in [1.807, 2.05) is 0 Å². The van der Waals surface area contributed by atoms with Crippen LogP contribution in [-0.2, 0) is 31.6 Å². The Kier molecular flexibility index (Phi) is 8.67. The summed E-state index contributed by atoms with van der Waals surface area (Å²) in [4.78, 5) is 36.6. The average molecular weight is 434 g/mol. The van der Waals surface area contributed by atoms with Crippen LogP contribution < -0.4 is 16.4 Å². The van der Waals surface area contributed by atoms with Crippen molar-refractivity contribution >= 4 is 28.5 Å². The number of hydrogen-bond donors (Lipinski definition) is 3. The summed E-state index contributed by atoms with van der Waals surface area (Å²) in [5, 5.41) is 5.00. The summed E-state index contributed by atoms with van der Waals surface area (Å²) < 4.78 is 25.8. The van der Waals surface area contributed by atoms with Gasteiger partial charge in [0, 0.05) is 24.0 Å². The maximum atomic E-state index is 13.4. The molecule has 0 radical (unpaired) electrons. The first kappa shape index (κ1) is 23.2. The molecular weight excluding hydrogens is 409 g/mol. The van der Waals surface area contributed by atoms with Crippen LogP contribution in [0.2, 0.25) is 0 Å². The Hall–Kier alpha value is -3.07. The molecule has 0 saturated carbocycles. The van der Waals surface area contributed by atoms with E-state index in [0.717, 1.165) is 0 Å². The number of primary amides is 1. The molecule has 0 heterocycles. The maximum absolute atomic E-state index is 13.4. The van der Waals surface area contributed by atoms with Crippen LogP contribution in [0.1, 0.15) is 18.9 Å². The van der Waals surface area contributed by atoms with Crippen LogP contribution >= 0.6 is 0 Å². The molecule has 9 heteroatoms. The van der Waals surface area contributed by atoms with E-state index in [1.54, 1.807) is 36.4 Å². The number of carbonyl (C=O) groups is 3. The molecule has 0 fully saturated rings. The molecule has 0 aromatic heterocycles. The molecule has 7 nitrogen and oxygen atoms in total. The Balaban J connectivity index is 2.04. The number of halogens is 1. The number of nitrogens with two attached hydrogens (primary N) is 1. The molecule has 0 saturated heterocycles. The topological polar surface area (TPSA) is 118 Å². The lowest BCUT2D eigenvalue weighted by atomic mass is 10.0. The lowest BCUT2D eigenvalue weighted by molar-refractivity contribution is -0.130. The predicted molar refractivity (Wildman–Crippen MR) is 111 cm³/mol. The summed E-state index contributed by atoms with van der Waals surface area (Å²) in [6, 6.07) is 12.3. The number of hydrogen-bond acceptors (Lipinski definition) is 4. The molecule has 160 valence electrons. The molecule has 2 rings (SSSR count). The molecule has 0 spiro atoms. The summed E-state index contributed by atoms with van der Waals surface area (Å²) in [6.45, 7) is 1.25. The Bertz CT molecular complexity index is 923. The van der Waals surface area contributed by atoms with Crippen molar-refractivity contribution in [2.75, 3.05) is 5.75 Å². The van der Waals surface area contributed by atoms with Crippen molar-refractivity contribution in [1.82, 2.24) is 10.6 Å². The Morgan fingerprint density at radius 1 is 1.03 bits per heavy atom. The van der Waals surface area contributed by atoms with Gasteiger partial charge in [0.05, 0.1) is 10.8 Å². The van der Waals surface area contributed by atoms with Crippen LogP contribution in [0.25, 0.3) is 0 Å². The zero-order chi connectivity index (χ0) is 22.1. The van der Waals surface area contributed by atoms with Crippen molar-refractivity contribution in [1.29, 1.82) is 0 Å². The van der Waals surface area contributed by atoms with Gasteiger partial charge in [0.25, 0.3) is 0 Å². The van der Waals surface area contributed by atoms with E-state index in [2.05, 4.69) is 10.6 Å². The van der Waals surface area contributed by atoms with Crippen LogP contribution in [-0.4, -0.2) is 39.8 Å². The second-order valence-electron chi connectivity index (χ2n) is 6.70. The van der Waals surface area contributed by atoms with Gasteiger partial charge in [-0.15, -0.1) is 0 Å². The molecule has 0 aliphatic carbocycles. The van der Waals surface area contributed by atoms with Crippen molar-refractivity contribution in [3.05, 3.63) is 66.0 Å². The third-order valence-corrected chi connectivity index (χ3v) is 5.69. The summed E-state index contributed by atoms with van der Waals surface area (Å²) in [5.74, 6) is -2.21. The van der Waals surface area contributed by atoms with E-state index in [0.29, 0.717) is 10.5 Å². The third-order valence-electron chi connectivity index (χ3n) is 4.28. The van der Waals surface area contributed by atoms with E-state index in [4.69, 9.17) is 5.73 Å². The van der Waals surface area contributed by atoms with Crippen molar-refractivity contribution in [2.24, 2.45) is 5.73 Å². The Labute approximate surface area is 176 Å². The quantitative estimate of drug-likeness (QED) is 0.519. The highest BCUT2D eigenvalue weighted by Crippen LogP contribution is 2.10. The molecule has 3 amide bonds. The van der Waals surface area contributed by atoms with Gasteiger partial charge in [-0.2, -0.15) is 0 Å². The first-order valence-electron chi connectivity index (χ1n) is 9.31. The highest BCUT2D eigenvalue weighted by molar-refractivity contribution is 7.85. The van der Waals surface area contributed by atoms with Gasteiger partial charge in [-0.3, -0.25) is 18.6 Å². The normalized spacial score (nSPS) is 13.7. The van der Waals surface area contributed by atoms with Crippen molar-refractivity contribution in [3.8, 4) is 0 Å². The van der Waals surface area contributed by atoms with E-state index < -0.39 is 46.4 Å².